The van der Waals surface area contributed by atoms with E-state index in [2.05, 4.69) is 11.9 Å². The molecule has 1 saturated heterocycles. The van der Waals surface area contributed by atoms with Crippen LogP contribution in [0.4, 0.5) is 0 Å². The van der Waals surface area contributed by atoms with Gasteiger partial charge in [0.25, 0.3) is 0 Å². The number of cyclic esters (lactones) is 1. The van der Waals surface area contributed by atoms with Gasteiger partial charge in [-0.2, -0.15) is 0 Å². The van der Waals surface area contributed by atoms with Gasteiger partial charge in [-0.25, -0.2) is 4.98 Å². The van der Waals surface area contributed by atoms with E-state index >= 15 is 0 Å². The molecule has 1 aromatic heterocycles. The highest BCUT2D eigenvalue weighted by atomic mass is 32.1. The number of aliphatic hydroxyl groups is 2. The van der Waals surface area contributed by atoms with Crippen LogP contribution in [0.3, 0.4) is 0 Å². The summed E-state index contributed by atoms with van der Waals surface area (Å²) in [5, 5.41) is 22.3. The smallest absolute Gasteiger partial charge is 0.309 e. The molecule has 2 aromatic rings. The van der Waals surface area contributed by atoms with Crippen molar-refractivity contribution in [2.75, 3.05) is 0 Å². The summed E-state index contributed by atoms with van der Waals surface area (Å²) in [4.78, 5) is 30.3. The Kier molecular flexibility index (Phi) is 12.0. The highest BCUT2D eigenvalue weighted by molar-refractivity contribution is 7.18. The van der Waals surface area contributed by atoms with Crippen molar-refractivity contribution >= 4 is 33.3 Å². The number of hydrogen-bond acceptors (Lipinski definition) is 7. The molecule has 0 unspecified atom stereocenters. The predicted molar refractivity (Wildman–Crippen MR) is 146 cm³/mol. The summed E-state index contributed by atoms with van der Waals surface area (Å²) in [6.45, 7) is 13.5. The summed E-state index contributed by atoms with van der Waals surface area (Å²) >= 11 is 1.63. The number of carbonyl (C=O) groups is 2. The SMILES string of the molecule is CC.Cc1nc2cc([C@@H]3CC[C@@H](C)CCC[C@H](C)[C@H](O)[C@@H](C)C(=O)[C@H](C)[C@@H](O)CC(=O)O3)ccc2s1. The van der Waals surface area contributed by atoms with Crippen LogP contribution in [-0.4, -0.2) is 39.2 Å². The average Bonchev–Trinajstić information content (AvgIpc) is 3.24. The lowest BCUT2D eigenvalue weighted by Crippen LogP contribution is -2.38. The summed E-state index contributed by atoms with van der Waals surface area (Å²) in [6.07, 6.45) is 1.82. The van der Waals surface area contributed by atoms with Gasteiger partial charge in [-0.3, -0.25) is 9.59 Å². The van der Waals surface area contributed by atoms with Gasteiger partial charge in [-0.1, -0.05) is 60.5 Å². The van der Waals surface area contributed by atoms with Gasteiger partial charge >= 0.3 is 5.97 Å². The zero-order valence-electron chi connectivity index (χ0n) is 23.0. The standard InChI is InChI=1S/C27H39NO5S.C2H6/c1-15-7-6-8-16(2)26(31)18(4)27(32)17(3)22(29)14-25(30)33-23(11-9-15)20-10-12-24-21(13-20)28-19(5)34-24;1-2/h10,12-13,15-18,22-23,26,29,31H,6-9,11,14H2,1-5H3;1-2H3/t15-,16-,17+,18+,22-,23-,26-;/m0./s1. The third-order valence-electron chi connectivity index (χ3n) is 7.39. The quantitative estimate of drug-likeness (QED) is 0.423. The Bertz CT molecular complexity index is 989. The summed E-state index contributed by atoms with van der Waals surface area (Å²) < 4.78 is 6.98. The predicted octanol–water partition coefficient (Wildman–Crippen LogP) is 6.40. The number of aryl methyl sites for hydroxylation is 1. The lowest BCUT2D eigenvalue weighted by Gasteiger charge is -2.28. The van der Waals surface area contributed by atoms with Crippen molar-refractivity contribution in [3.05, 3.63) is 28.8 Å². The fourth-order valence-electron chi connectivity index (χ4n) is 4.91. The first-order valence-corrected chi connectivity index (χ1v) is 14.3. The molecule has 1 aliphatic heterocycles. The molecule has 7 atom stereocenters. The van der Waals surface area contributed by atoms with Crippen molar-refractivity contribution in [1.82, 2.24) is 4.98 Å². The molecule has 0 spiro atoms. The molecule has 6 nitrogen and oxygen atoms in total. The first kappa shape index (κ1) is 30.4. The third kappa shape index (κ3) is 8.09. The molecule has 7 heteroatoms. The van der Waals surface area contributed by atoms with E-state index in [0.29, 0.717) is 12.3 Å². The van der Waals surface area contributed by atoms with Crippen LogP contribution < -0.4 is 0 Å². The Balaban J connectivity index is 0.00000222. The number of fused-ring (bicyclic) bond motifs is 1. The number of aromatic nitrogens is 1. The van der Waals surface area contributed by atoms with E-state index in [1.54, 1.807) is 25.2 Å². The number of esters is 1. The Hall–Kier alpha value is -1.83. The van der Waals surface area contributed by atoms with E-state index in [0.717, 1.165) is 46.5 Å². The van der Waals surface area contributed by atoms with Crippen molar-refractivity contribution in [1.29, 1.82) is 0 Å². The van der Waals surface area contributed by atoms with E-state index in [9.17, 15) is 19.8 Å². The van der Waals surface area contributed by atoms with Crippen LogP contribution in [0, 0.1) is 30.6 Å². The van der Waals surface area contributed by atoms with Crippen molar-refractivity contribution in [3.63, 3.8) is 0 Å². The maximum absolute atomic E-state index is 12.9. The van der Waals surface area contributed by atoms with Crippen molar-refractivity contribution in [2.45, 2.75) is 105 Å². The number of thiazole rings is 1. The number of ketones is 1. The van der Waals surface area contributed by atoms with E-state index in [-0.39, 0.29) is 18.1 Å². The van der Waals surface area contributed by atoms with Gasteiger partial charge < -0.3 is 14.9 Å². The Morgan fingerprint density at radius 2 is 1.67 bits per heavy atom. The second-order valence-electron chi connectivity index (χ2n) is 10.3. The highest BCUT2D eigenvalue weighted by Crippen LogP contribution is 2.32. The fourth-order valence-corrected chi connectivity index (χ4v) is 5.72. The second kappa shape index (κ2) is 14.2. The molecule has 0 radical (unpaired) electrons. The van der Waals surface area contributed by atoms with Gasteiger partial charge in [0.1, 0.15) is 11.9 Å². The minimum absolute atomic E-state index is 0.00518. The number of aliphatic hydroxyl groups excluding tert-OH is 2. The van der Waals surface area contributed by atoms with E-state index in [1.165, 1.54) is 0 Å². The van der Waals surface area contributed by atoms with Crippen LogP contribution in [0.5, 0.6) is 0 Å². The topological polar surface area (TPSA) is 96.7 Å². The third-order valence-corrected chi connectivity index (χ3v) is 8.34. The lowest BCUT2D eigenvalue weighted by molar-refractivity contribution is -0.153. The van der Waals surface area contributed by atoms with Crippen LogP contribution in [0.25, 0.3) is 10.2 Å². The molecule has 1 aliphatic rings. The summed E-state index contributed by atoms with van der Waals surface area (Å²) in [5.74, 6) is -1.66. The average molecular weight is 520 g/mol. The van der Waals surface area contributed by atoms with Gasteiger partial charge in [-0.05, 0) is 55.7 Å². The van der Waals surface area contributed by atoms with Crippen LogP contribution in [0.15, 0.2) is 18.2 Å². The van der Waals surface area contributed by atoms with Crippen LogP contribution in [-0.2, 0) is 14.3 Å². The van der Waals surface area contributed by atoms with Gasteiger partial charge in [0.2, 0.25) is 0 Å². The molecule has 36 heavy (non-hydrogen) atoms. The minimum atomic E-state index is -1.15. The van der Waals surface area contributed by atoms with Crippen molar-refractivity contribution in [2.24, 2.45) is 23.7 Å². The van der Waals surface area contributed by atoms with Crippen molar-refractivity contribution < 1.29 is 24.5 Å². The molecule has 3 rings (SSSR count). The number of nitrogens with zero attached hydrogens (tertiary/aromatic N) is 1. The summed E-state index contributed by atoms with van der Waals surface area (Å²) in [7, 11) is 0. The Morgan fingerprint density at radius 1 is 0.972 bits per heavy atom. The number of rotatable bonds is 1. The molecule has 1 fully saturated rings. The lowest BCUT2D eigenvalue weighted by atomic mass is 9.81. The number of benzene rings is 1. The van der Waals surface area contributed by atoms with Crippen LogP contribution in [0.2, 0.25) is 0 Å². The minimum Gasteiger partial charge on any atom is -0.457 e. The molecular weight excluding hydrogens is 474 g/mol. The number of ether oxygens (including phenoxy) is 1. The molecule has 202 valence electrons. The largest absolute Gasteiger partial charge is 0.457 e. The van der Waals surface area contributed by atoms with Crippen molar-refractivity contribution in [3.8, 4) is 0 Å². The molecule has 2 heterocycles. The zero-order valence-corrected chi connectivity index (χ0v) is 23.8. The fraction of sp³-hybridized carbons (Fsp3) is 0.690. The van der Waals surface area contributed by atoms with Gasteiger partial charge in [0, 0.05) is 11.8 Å². The molecule has 0 aliphatic carbocycles. The summed E-state index contributed by atoms with van der Waals surface area (Å²) in [6, 6.07) is 6.01. The first-order chi connectivity index (χ1) is 17.1. The van der Waals surface area contributed by atoms with E-state index in [1.807, 2.05) is 45.9 Å². The molecule has 0 saturated carbocycles. The molecule has 1 aromatic carbocycles. The van der Waals surface area contributed by atoms with E-state index < -0.39 is 36.1 Å². The number of Topliss-reactive ketones (excluding diaryl/α,β-unsaturated/α-hetero) is 1. The van der Waals surface area contributed by atoms with Gasteiger partial charge in [-0.15, -0.1) is 11.3 Å². The zero-order chi connectivity index (χ0) is 27.0. The van der Waals surface area contributed by atoms with Crippen LogP contribution >= 0.6 is 11.3 Å². The number of hydrogen-bond donors (Lipinski definition) is 2. The van der Waals surface area contributed by atoms with Crippen LogP contribution in [0.1, 0.15) is 96.7 Å². The first-order valence-electron chi connectivity index (χ1n) is 13.5. The highest BCUT2D eigenvalue weighted by Gasteiger charge is 2.34. The van der Waals surface area contributed by atoms with Gasteiger partial charge in [0.15, 0.2) is 0 Å². The number of carbonyl (C=O) groups excluding carboxylic acids is 2. The Labute approximate surface area is 220 Å². The molecule has 0 amide bonds. The molecular formula is C29H45NO5S. The maximum Gasteiger partial charge on any atom is 0.309 e. The van der Waals surface area contributed by atoms with Gasteiger partial charge in [0.05, 0.1) is 33.9 Å². The molecule has 0 bridgehead atoms. The normalized spacial score (nSPS) is 31.4. The maximum atomic E-state index is 12.9. The second-order valence-corrected chi connectivity index (χ2v) is 11.5. The Morgan fingerprint density at radius 3 is 2.36 bits per heavy atom. The molecule has 2 N–H and O–H groups in total. The van der Waals surface area contributed by atoms with E-state index in [4.69, 9.17) is 4.74 Å². The monoisotopic (exact) mass is 519 g/mol. The summed E-state index contributed by atoms with van der Waals surface area (Å²) in [5.41, 5.74) is 1.81.